The number of carbonyl (C=O) groups excluding carboxylic acids is 1. The number of ether oxygens (including phenoxy) is 2. The quantitative estimate of drug-likeness (QED) is 0.348. The number of nitrogens with two attached hydrogens (primary N) is 1. The molecule has 0 aliphatic carbocycles. The van der Waals surface area contributed by atoms with Crippen LogP contribution in [0.4, 0.5) is 5.69 Å². The fraction of sp³-hybridized carbons (Fsp3) is 0.276. The molecule has 7 nitrogen and oxygen atoms in total. The van der Waals surface area contributed by atoms with E-state index in [-0.39, 0.29) is 12.4 Å². The number of nitrogens with zero attached hydrogens (tertiary/aromatic N) is 2. The van der Waals surface area contributed by atoms with Crippen molar-refractivity contribution in [2.75, 3.05) is 44.7 Å². The molecule has 0 atom stereocenters. The van der Waals surface area contributed by atoms with E-state index in [4.69, 9.17) is 15.2 Å². The molecule has 3 N–H and O–H groups in total. The second-order valence-corrected chi connectivity index (χ2v) is 8.69. The van der Waals surface area contributed by atoms with Gasteiger partial charge in [-0.25, -0.2) is 0 Å². The molecule has 36 heavy (non-hydrogen) atoms. The lowest BCUT2D eigenvalue weighted by Gasteiger charge is -2.36. The van der Waals surface area contributed by atoms with Crippen LogP contribution < -0.4 is 20.1 Å². The summed E-state index contributed by atoms with van der Waals surface area (Å²) < 4.78 is 11.4. The van der Waals surface area contributed by atoms with Crippen LogP contribution in [0.1, 0.15) is 23.6 Å². The monoisotopic (exact) mass is 487 g/mol. The fourth-order valence-corrected chi connectivity index (χ4v) is 4.45. The van der Waals surface area contributed by atoms with Crippen LogP contribution in [-0.2, 0) is 11.4 Å². The van der Waals surface area contributed by atoms with Gasteiger partial charge in [-0.15, -0.1) is 0 Å². The first-order valence-electron chi connectivity index (χ1n) is 12.2. The number of phenolic OH excluding ortho intramolecular Hbond substituents is 1. The Hall–Kier alpha value is -3.97. The van der Waals surface area contributed by atoms with Crippen molar-refractivity contribution in [2.24, 2.45) is 5.73 Å². The zero-order valence-electron chi connectivity index (χ0n) is 20.8. The number of primary amides is 1. The van der Waals surface area contributed by atoms with Crippen molar-refractivity contribution >= 4 is 23.2 Å². The molecule has 0 unspecified atom stereocenters. The van der Waals surface area contributed by atoms with Crippen molar-refractivity contribution in [1.29, 1.82) is 0 Å². The average Bonchev–Trinajstić information content (AvgIpc) is 2.91. The molecule has 0 saturated carbocycles. The van der Waals surface area contributed by atoms with E-state index in [0.717, 1.165) is 49.7 Å². The zero-order valence-corrected chi connectivity index (χ0v) is 20.8. The van der Waals surface area contributed by atoms with E-state index < -0.39 is 5.91 Å². The van der Waals surface area contributed by atoms with Crippen molar-refractivity contribution in [1.82, 2.24) is 4.90 Å². The van der Waals surface area contributed by atoms with Crippen LogP contribution in [0.25, 0.3) is 11.6 Å². The highest BCUT2D eigenvalue weighted by Gasteiger charge is 2.19. The molecule has 1 fully saturated rings. The van der Waals surface area contributed by atoms with Gasteiger partial charge in [-0.1, -0.05) is 49.4 Å². The number of hydrogen-bond donors (Lipinski definition) is 2. The normalized spacial score (nSPS) is 14.5. The molecule has 1 amide bonds. The van der Waals surface area contributed by atoms with Gasteiger partial charge in [0.25, 0.3) is 0 Å². The summed E-state index contributed by atoms with van der Waals surface area (Å²) in [5.41, 5.74) is 9.36. The third-order valence-electron chi connectivity index (χ3n) is 6.50. The third kappa shape index (κ3) is 5.80. The van der Waals surface area contributed by atoms with Crippen LogP contribution in [0.2, 0.25) is 0 Å². The van der Waals surface area contributed by atoms with Crippen molar-refractivity contribution in [3.05, 3.63) is 83.4 Å². The number of amides is 1. The van der Waals surface area contributed by atoms with E-state index in [9.17, 15) is 9.90 Å². The number of anilines is 1. The molecular weight excluding hydrogens is 454 g/mol. The van der Waals surface area contributed by atoms with Gasteiger partial charge >= 0.3 is 0 Å². The number of phenols is 1. The van der Waals surface area contributed by atoms with E-state index in [1.54, 1.807) is 18.2 Å². The maximum absolute atomic E-state index is 12.5. The minimum Gasteiger partial charge on any atom is -0.504 e. The molecule has 0 bridgehead atoms. The van der Waals surface area contributed by atoms with E-state index in [1.807, 2.05) is 42.5 Å². The maximum atomic E-state index is 12.5. The molecule has 1 aliphatic rings. The predicted molar refractivity (Wildman–Crippen MR) is 143 cm³/mol. The third-order valence-corrected chi connectivity index (χ3v) is 6.50. The largest absolute Gasteiger partial charge is 0.504 e. The molecule has 188 valence electrons. The first-order chi connectivity index (χ1) is 17.5. The molecule has 0 radical (unpaired) electrons. The van der Waals surface area contributed by atoms with Gasteiger partial charge in [-0.05, 0) is 53.6 Å². The lowest BCUT2D eigenvalue weighted by molar-refractivity contribution is -0.112. The summed E-state index contributed by atoms with van der Waals surface area (Å²) >= 11 is 0. The summed E-state index contributed by atoms with van der Waals surface area (Å²) in [5, 5.41) is 10.1. The van der Waals surface area contributed by atoms with Crippen LogP contribution >= 0.6 is 0 Å². The summed E-state index contributed by atoms with van der Waals surface area (Å²) in [4.78, 5) is 17.3. The Bertz CT molecular complexity index is 1230. The van der Waals surface area contributed by atoms with Crippen LogP contribution in [0.5, 0.6) is 17.2 Å². The Balaban J connectivity index is 1.58. The molecule has 3 aromatic rings. The molecule has 7 heteroatoms. The minimum atomic E-state index is -0.563. The summed E-state index contributed by atoms with van der Waals surface area (Å²) in [6.45, 7) is 7.50. The SMILES string of the molecule is CCN1CCN(c2ccccc2OCc2ccccc2/C(=C\c2ccc(OC)c(O)c2)C(N)=O)CC1. The standard InChI is InChI=1S/C29H33N3O4/c1-3-31-14-16-32(17-15-31)25-10-6-7-11-27(25)36-20-22-8-4-5-9-23(22)24(29(30)34)18-21-12-13-28(35-2)26(33)19-21/h4-13,18-19,33H,3,14-17,20H2,1-2H3,(H2,30,34)/b24-18+. The smallest absolute Gasteiger partial charge is 0.249 e. The Kier molecular flexibility index (Phi) is 8.13. The van der Waals surface area contributed by atoms with E-state index in [1.165, 1.54) is 13.2 Å². The summed E-state index contributed by atoms with van der Waals surface area (Å²) in [6, 6.07) is 20.6. The highest BCUT2D eigenvalue weighted by molar-refractivity contribution is 6.23. The number of likely N-dealkylation sites (N-methyl/N-ethyl adjacent to an activating group) is 1. The molecule has 0 aromatic heterocycles. The lowest BCUT2D eigenvalue weighted by atomic mass is 9.97. The second kappa shape index (κ2) is 11.6. The van der Waals surface area contributed by atoms with Gasteiger partial charge in [0.15, 0.2) is 11.5 Å². The number of carbonyl (C=O) groups is 1. The number of aromatic hydroxyl groups is 1. The summed E-state index contributed by atoms with van der Waals surface area (Å²) in [6.07, 6.45) is 1.67. The van der Waals surface area contributed by atoms with Gasteiger partial charge in [0.05, 0.1) is 12.8 Å². The number of piperazine rings is 1. The Labute approximate surface area is 212 Å². The topological polar surface area (TPSA) is 88.3 Å². The molecule has 1 heterocycles. The Morgan fingerprint density at radius 3 is 2.42 bits per heavy atom. The van der Waals surface area contributed by atoms with Crippen LogP contribution in [0.15, 0.2) is 66.7 Å². The predicted octanol–water partition coefficient (Wildman–Crippen LogP) is 4.15. The number of rotatable bonds is 9. The second-order valence-electron chi connectivity index (χ2n) is 8.69. The molecule has 3 aromatic carbocycles. The molecule has 1 saturated heterocycles. The summed E-state index contributed by atoms with van der Waals surface area (Å²) in [5.74, 6) is 0.591. The van der Waals surface area contributed by atoms with Gasteiger partial charge in [0.2, 0.25) is 5.91 Å². The molecular formula is C29H33N3O4. The van der Waals surface area contributed by atoms with Crippen molar-refractivity contribution in [2.45, 2.75) is 13.5 Å². The minimum absolute atomic E-state index is 0.0110. The van der Waals surface area contributed by atoms with E-state index >= 15 is 0 Å². The van der Waals surface area contributed by atoms with Crippen molar-refractivity contribution < 1.29 is 19.4 Å². The lowest BCUT2D eigenvalue weighted by Crippen LogP contribution is -2.46. The van der Waals surface area contributed by atoms with E-state index in [2.05, 4.69) is 22.8 Å². The van der Waals surface area contributed by atoms with E-state index in [0.29, 0.717) is 22.4 Å². The molecule has 4 rings (SSSR count). The van der Waals surface area contributed by atoms with Crippen LogP contribution in [0, 0.1) is 0 Å². The number of methoxy groups -OCH3 is 1. The Morgan fingerprint density at radius 2 is 1.72 bits per heavy atom. The van der Waals surface area contributed by atoms with Gasteiger partial charge in [-0.3, -0.25) is 4.79 Å². The van der Waals surface area contributed by atoms with Crippen molar-refractivity contribution in [3.8, 4) is 17.2 Å². The van der Waals surface area contributed by atoms with Gasteiger partial charge in [0, 0.05) is 31.8 Å². The first-order valence-corrected chi connectivity index (χ1v) is 12.2. The van der Waals surface area contributed by atoms with Crippen LogP contribution in [-0.4, -0.2) is 55.7 Å². The number of benzene rings is 3. The van der Waals surface area contributed by atoms with Gasteiger partial charge < -0.3 is 30.1 Å². The maximum Gasteiger partial charge on any atom is 0.249 e. The van der Waals surface area contributed by atoms with Gasteiger partial charge in [0.1, 0.15) is 12.4 Å². The molecule has 1 aliphatic heterocycles. The number of hydrogen-bond acceptors (Lipinski definition) is 6. The Morgan fingerprint density at radius 1 is 1.00 bits per heavy atom. The highest BCUT2D eigenvalue weighted by Crippen LogP contribution is 2.32. The summed E-state index contributed by atoms with van der Waals surface area (Å²) in [7, 11) is 1.49. The highest BCUT2D eigenvalue weighted by atomic mass is 16.5. The number of para-hydroxylation sites is 2. The fourth-order valence-electron chi connectivity index (χ4n) is 4.45. The van der Waals surface area contributed by atoms with Crippen LogP contribution in [0.3, 0.4) is 0 Å². The van der Waals surface area contributed by atoms with Gasteiger partial charge in [-0.2, -0.15) is 0 Å². The zero-order chi connectivity index (χ0) is 25.5. The first kappa shape index (κ1) is 25.1. The molecule has 0 spiro atoms. The average molecular weight is 488 g/mol. The van der Waals surface area contributed by atoms with Crippen molar-refractivity contribution in [3.63, 3.8) is 0 Å².